The molecule has 0 saturated heterocycles. The van der Waals surface area contributed by atoms with E-state index in [9.17, 15) is 8.78 Å². The molecule has 2 aromatic rings. The van der Waals surface area contributed by atoms with Crippen LogP contribution in [0.5, 0.6) is 0 Å². The van der Waals surface area contributed by atoms with Crippen molar-refractivity contribution in [3.05, 3.63) is 63.7 Å². The molecule has 6 heteroatoms. The fourth-order valence-corrected chi connectivity index (χ4v) is 3.02. The van der Waals surface area contributed by atoms with E-state index in [1.807, 2.05) is 24.9 Å². The summed E-state index contributed by atoms with van der Waals surface area (Å²) in [7, 11) is 1.93. The van der Waals surface area contributed by atoms with Gasteiger partial charge >= 0.3 is 0 Å². The van der Waals surface area contributed by atoms with Crippen LogP contribution in [-0.2, 0) is 11.2 Å². The van der Waals surface area contributed by atoms with E-state index in [-0.39, 0.29) is 0 Å². The Morgan fingerprint density at radius 1 is 1.24 bits per heavy atom. The predicted molar refractivity (Wildman–Crippen MR) is 95.8 cm³/mol. The Hall–Kier alpha value is -1.98. The molecule has 3 nitrogen and oxygen atoms in total. The number of hydrogen-bond acceptors (Lipinski definition) is 2. The van der Waals surface area contributed by atoms with Gasteiger partial charge in [0.1, 0.15) is 17.7 Å². The Kier molecular flexibility index (Phi) is 5.35. The maximum Gasteiger partial charge on any atom is 0.126 e. The van der Waals surface area contributed by atoms with Gasteiger partial charge in [0.15, 0.2) is 0 Å². The summed E-state index contributed by atoms with van der Waals surface area (Å²) in [5.41, 5.74) is 2.96. The molecule has 25 heavy (non-hydrogen) atoms. The summed E-state index contributed by atoms with van der Waals surface area (Å²) in [5, 5.41) is 0.479. The number of fused-ring (bicyclic) bond motifs is 1. The molecule has 3 rings (SSSR count). The fourth-order valence-electron chi connectivity index (χ4n) is 2.80. The highest BCUT2D eigenvalue weighted by atomic mass is 35.5. The summed E-state index contributed by atoms with van der Waals surface area (Å²) in [6.45, 7) is 3.34. The van der Waals surface area contributed by atoms with Crippen LogP contribution in [0.4, 0.5) is 14.5 Å². The van der Waals surface area contributed by atoms with Crippen LogP contribution < -0.4 is 0 Å². The van der Waals surface area contributed by atoms with E-state index in [1.165, 1.54) is 12.1 Å². The molecule has 0 radical (unpaired) electrons. The number of ether oxygens (including phenoxy) is 1. The van der Waals surface area contributed by atoms with Crippen molar-refractivity contribution in [2.75, 3.05) is 20.2 Å². The second kappa shape index (κ2) is 7.50. The van der Waals surface area contributed by atoms with E-state index in [0.717, 1.165) is 23.7 Å². The van der Waals surface area contributed by atoms with Gasteiger partial charge in [0.05, 0.1) is 23.7 Å². The van der Waals surface area contributed by atoms with Gasteiger partial charge < -0.3 is 9.64 Å². The monoisotopic (exact) mass is 364 g/mol. The van der Waals surface area contributed by atoms with Gasteiger partial charge in [-0.1, -0.05) is 11.6 Å². The summed E-state index contributed by atoms with van der Waals surface area (Å²) >= 11 is 6.37. The van der Waals surface area contributed by atoms with Crippen LogP contribution in [0.1, 0.15) is 29.7 Å². The van der Waals surface area contributed by atoms with Crippen molar-refractivity contribution in [3.8, 4) is 0 Å². The van der Waals surface area contributed by atoms with Crippen molar-refractivity contribution in [2.45, 2.75) is 19.4 Å². The quantitative estimate of drug-likeness (QED) is 0.570. The zero-order valence-corrected chi connectivity index (χ0v) is 14.9. The first-order chi connectivity index (χ1) is 12.0. The number of benzene rings is 2. The molecule has 0 N–H and O–H groups in total. The molecule has 0 saturated carbocycles. The Balaban J connectivity index is 1.99. The van der Waals surface area contributed by atoms with E-state index < -0.39 is 17.7 Å². The summed E-state index contributed by atoms with van der Waals surface area (Å²) < 4.78 is 32.9. The maximum absolute atomic E-state index is 13.6. The lowest BCUT2D eigenvalue weighted by Gasteiger charge is -2.27. The molecule has 1 heterocycles. The average molecular weight is 365 g/mol. The fraction of sp³-hybridized carbons (Fsp3) is 0.316. The Morgan fingerprint density at radius 3 is 2.64 bits per heavy atom. The van der Waals surface area contributed by atoms with Crippen LogP contribution in [0.15, 0.2) is 35.3 Å². The molecule has 1 aliphatic rings. The van der Waals surface area contributed by atoms with Gasteiger partial charge in [-0.15, -0.1) is 0 Å². The van der Waals surface area contributed by atoms with Crippen molar-refractivity contribution in [1.82, 2.24) is 4.90 Å². The summed E-state index contributed by atoms with van der Waals surface area (Å²) in [6, 6.07) is 7.13. The highest BCUT2D eigenvalue weighted by molar-refractivity contribution is 6.33. The molecule has 2 aromatic carbocycles. The lowest BCUT2D eigenvalue weighted by atomic mass is 9.92. The average Bonchev–Trinajstić information content (AvgIpc) is 2.58. The van der Waals surface area contributed by atoms with Crippen LogP contribution in [0.3, 0.4) is 0 Å². The van der Waals surface area contributed by atoms with Crippen LogP contribution in [0, 0.1) is 11.6 Å². The second-order valence-electron chi connectivity index (χ2n) is 6.02. The van der Waals surface area contributed by atoms with Gasteiger partial charge in [-0.05, 0) is 54.3 Å². The molecule has 132 valence electrons. The van der Waals surface area contributed by atoms with Crippen molar-refractivity contribution in [1.29, 1.82) is 0 Å². The van der Waals surface area contributed by atoms with Gasteiger partial charge in [-0.25, -0.2) is 13.8 Å². The van der Waals surface area contributed by atoms with Crippen molar-refractivity contribution < 1.29 is 13.5 Å². The highest BCUT2D eigenvalue weighted by Gasteiger charge is 2.25. The molecule has 1 atom stereocenters. The lowest BCUT2D eigenvalue weighted by molar-refractivity contribution is 0.0694. The van der Waals surface area contributed by atoms with E-state index in [2.05, 4.69) is 4.99 Å². The number of halogens is 3. The predicted octanol–water partition coefficient (Wildman–Crippen LogP) is 4.89. The van der Waals surface area contributed by atoms with Crippen molar-refractivity contribution >= 4 is 23.6 Å². The minimum absolute atomic E-state index is 0.441. The zero-order chi connectivity index (χ0) is 18.0. The zero-order valence-electron chi connectivity index (χ0n) is 14.1. The standard InChI is InChI=1S/C19H19ClF2N2O/c1-3-24(2)11-23-18-8-12-4-5-25-19(16(12)10-17(18)20)13-6-14(21)9-15(22)7-13/h6-11,19H,3-5H2,1-2H3/b23-11+. The molecule has 1 unspecified atom stereocenters. The number of nitrogens with zero attached hydrogens (tertiary/aromatic N) is 2. The van der Waals surface area contributed by atoms with E-state index in [1.54, 1.807) is 12.4 Å². The molecule has 0 spiro atoms. The topological polar surface area (TPSA) is 24.8 Å². The Bertz CT molecular complexity index is 790. The lowest BCUT2D eigenvalue weighted by Crippen LogP contribution is -2.18. The van der Waals surface area contributed by atoms with Crippen LogP contribution in [0.2, 0.25) is 5.02 Å². The Morgan fingerprint density at radius 2 is 1.96 bits per heavy atom. The molecule has 0 fully saturated rings. The third kappa shape index (κ3) is 3.99. The van der Waals surface area contributed by atoms with Crippen LogP contribution >= 0.6 is 11.6 Å². The van der Waals surface area contributed by atoms with E-state index >= 15 is 0 Å². The normalized spacial score (nSPS) is 16.9. The van der Waals surface area contributed by atoms with Crippen molar-refractivity contribution in [3.63, 3.8) is 0 Å². The van der Waals surface area contributed by atoms with Crippen LogP contribution in [0.25, 0.3) is 0 Å². The highest BCUT2D eigenvalue weighted by Crippen LogP contribution is 2.38. The first-order valence-corrected chi connectivity index (χ1v) is 8.50. The number of hydrogen-bond donors (Lipinski definition) is 0. The first kappa shape index (κ1) is 17.8. The molecular formula is C19H19ClF2N2O. The van der Waals surface area contributed by atoms with Crippen LogP contribution in [-0.4, -0.2) is 31.4 Å². The van der Waals surface area contributed by atoms with Gasteiger partial charge in [-0.3, -0.25) is 0 Å². The third-order valence-corrected chi connectivity index (χ3v) is 4.53. The first-order valence-electron chi connectivity index (χ1n) is 8.12. The SMILES string of the molecule is CCN(C)/C=N/c1cc2c(cc1Cl)C(c1cc(F)cc(F)c1)OCC2. The van der Waals surface area contributed by atoms with E-state index in [4.69, 9.17) is 16.3 Å². The van der Waals surface area contributed by atoms with Gasteiger partial charge in [0.2, 0.25) is 0 Å². The maximum atomic E-state index is 13.6. The molecular weight excluding hydrogens is 346 g/mol. The Labute approximate surface area is 150 Å². The van der Waals surface area contributed by atoms with Gasteiger partial charge in [0.25, 0.3) is 0 Å². The second-order valence-corrected chi connectivity index (χ2v) is 6.43. The minimum Gasteiger partial charge on any atom is -0.368 e. The minimum atomic E-state index is -0.624. The summed E-state index contributed by atoms with van der Waals surface area (Å²) in [4.78, 5) is 6.36. The number of rotatable bonds is 4. The molecule has 0 bridgehead atoms. The molecule has 0 aromatic heterocycles. The summed E-state index contributed by atoms with van der Waals surface area (Å²) in [6.07, 6.45) is 1.89. The van der Waals surface area contributed by atoms with Gasteiger partial charge in [-0.2, -0.15) is 0 Å². The molecule has 0 amide bonds. The largest absolute Gasteiger partial charge is 0.368 e. The van der Waals surface area contributed by atoms with Gasteiger partial charge in [0, 0.05) is 19.7 Å². The summed E-state index contributed by atoms with van der Waals surface area (Å²) in [5.74, 6) is -1.25. The number of aliphatic imine (C=N–C) groups is 1. The molecule has 0 aliphatic carbocycles. The van der Waals surface area contributed by atoms with E-state index in [0.29, 0.717) is 29.3 Å². The van der Waals surface area contributed by atoms with Crippen molar-refractivity contribution in [2.24, 2.45) is 4.99 Å². The molecule has 1 aliphatic heterocycles. The smallest absolute Gasteiger partial charge is 0.126 e. The third-order valence-electron chi connectivity index (χ3n) is 4.23.